The molecule has 128 valence electrons. The molecule has 0 spiro atoms. The Hall–Kier alpha value is -1.93. The van der Waals surface area contributed by atoms with E-state index in [1.165, 1.54) is 20.9 Å². The van der Waals surface area contributed by atoms with Crippen molar-refractivity contribution in [1.29, 1.82) is 0 Å². The Labute approximate surface area is 140 Å². The molecular weight excluding hydrogens is 328 g/mol. The van der Waals surface area contributed by atoms with E-state index >= 15 is 0 Å². The van der Waals surface area contributed by atoms with Crippen molar-refractivity contribution in [3.05, 3.63) is 45.6 Å². The Morgan fingerprint density at radius 3 is 2.62 bits per heavy atom. The number of aromatic amines is 1. The third-order valence-corrected chi connectivity index (χ3v) is 6.85. The van der Waals surface area contributed by atoms with Crippen LogP contribution in [0.3, 0.4) is 0 Å². The molecule has 0 radical (unpaired) electrons. The van der Waals surface area contributed by atoms with Crippen molar-refractivity contribution in [1.82, 2.24) is 19.1 Å². The van der Waals surface area contributed by atoms with Crippen LogP contribution in [-0.4, -0.2) is 40.6 Å². The molecule has 0 atom stereocenters. The van der Waals surface area contributed by atoms with Crippen molar-refractivity contribution in [2.24, 2.45) is 0 Å². The normalized spacial score (nSPS) is 18.7. The lowest BCUT2D eigenvalue weighted by Gasteiger charge is -2.22. The Kier molecular flexibility index (Phi) is 3.80. The minimum atomic E-state index is -3.55. The highest BCUT2D eigenvalue weighted by Crippen LogP contribution is 2.26. The van der Waals surface area contributed by atoms with Crippen LogP contribution >= 0.6 is 0 Å². The molecule has 4 rings (SSSR count). The largest absolute Gasteiger partial charge is 0.343 e. The molecule has 0 fully saturated rings. The van der Waals surface area contributed by atoms with Crippen molar-refractivity contribution < 1.29 is 8.42 Å². The van der Waals surface area contributed by atoms with Gasteiger partial charge in [0.25, 0.3) is 0 Å². The Morgan fingerprint density at radius 2 is 1.79 bits per heavy atom. The molecule has 2 aromatic rings. The molecule has 1 aromatic carbocycles. The van der Waals surface area contributed by atoms with Gasteiger partial charge in [0.2, 0.25) is 10.0 Å². The van der Waals surface area contributed by atoms with E-state index < -0.39 is 10.0 Å². The van der Waals surface area contributed by atoms with E-state index in [1.54, 1.807) is 6.07 Å². The van der Waals surface area contributed by atoms with Gasteiger partial charge in [-0.05, 0) is 48.9 Å². The summed E-state index contributed by atoms with van der Waals surface area (Å²) in [7, 11) is -3.55. The number of hydrogen-bond donors (Lipinski definition) is 1. The van der Waals surface area contributed by atoms with Crippen molar-refractivity contribution in [3.63, 3.8) is 0 Å². The van der Waals surface area contributed by atoms with Crippen LogP contribution in [0.25, 0.3) is 0 Å². The van der Waals surface area contributed by atoms with Gasteiger partial charge in [-0.1, -0.05) is 6.07 Å². The van der Waals surface area contributed by atoms with Gasteiger partial charge >= 0.3 is 5.69 Å². The SMILES string of the molecule is O=c1[nH]nc2n1CCN(S(=O)(=O)c1ccc3c(c1)CCCC3)CC2. The van der Waals surface area contributed by atoms with Gasteiger partial charge in [-0.3, -0.25) is 4.57 Å². The highest BCUT2D eigenvalue weighted by atomic mass is 32.2. The first-order chi connectivity index (χ1) is 11.6. The van der Waals surface area contributed by atoms with E-state index in [0.29, 0.717) is 30.2 Å². The Balaban J connectivity index is 1.62. The van der Waals surface area contributed by atoms with Crippen LogP contribution in [0.4, 0.5) is 0 Å². The lowest BCUT2D eigenvalue weighted by atomic mass is 9.92. The summed E-state index contributed by atoms with van der Waals surface area (Å²) in [6.07, 6.45) is 4.70. The van der Waals surface area contributed by atoms with Crippen molar-refractivity contribution in [2.75, 3.05) is 13.1 Å². The maximum Gasteiger partial charge on any atom is 0.343 e. The van der Waals surface area contributed by atoms with Crippen LogP contribution in [0.1, 0.15) is 29.8 Å². The fourth-order valence-corrected chi connectivity index (χ4v) is 5.06. The Bertz CT molecular complexity index is 929. The van der Waals surface area contributed by atoms with Gasteiger partial charge < -0.3 is 0 Å². The Morgan fingerprint density at radius 1 is 1.00 bits per heavy atom. The van der Waals surface area contributed by atoms with Crippen molar-refractivity contribution in [3.8, 4) is 0 Å². The second kappa shape index (κ2) is 5.86. The van der Waals surface area contributed by atoms with Gasteiger partial charge in [0.1, 0.15) is 5.82 Å². The van der Waals surface area contributed by atoms with Gasteiger partial charge in [0.15, 0.2) is 0 Å². The van der Waals surface area contributed by atoms with E-state index in [0.717, 1.165) is 24.8 Å². The fraction of sp³-hybridized carbons (Fsp3) is 0.500. The van der Waals surface area contributed by atoms with Crippen LogP contribution in [0.2, 0.25) is 0 Å². The summed E-state index contributed by atoms with van der Waals surface area (Å²) in [5.41, 5.74) is 2.14. The molecule has 1 N–H and O–H groups in total. The second-order valence-corrected chi connectivity index (χ2v) is 8.33. The van der Waals surface area contributed by atoms with Crippen LogP contribution in [0.15, 0.2) is 27.9 Å². The van der Waals surface area contributed by atoms with E-state index in [2.05, 4.69) is 10.2 Å². The summed E-state index contributed by atoms with van der Waals surface area (Å²) in [4.78, 5) is 12.0. The van der Waals surface area contributed by atoms with Gasteiger partial charge in [-0.2, -0.15) is 9.40 Å². The average molecular weight is 348 g/mol. The van der Waals surface area contributed by atoms with Gasteiger partial charge in [-0.15, -0.1) is 0 Å². The number of nitrogens with one attached hydrogen (secondary N) is 1. The van der Waals surface area contributed by atoms with Gasteiger partial charge in [-0.25, -0.2) is 18.3 Å². The molecule has 0 saturated heterocycles. The summed E-state index contributed by atoms with van der Waals surface area (Å²) in [6, 6.07) is 5.50. The number of benzene rings is 1. The topological polar surface area (TPSA) is 88.1 Å². The number of aryl methyl sites for hydroxylation is 2. The third kappa shape index (κ3) is 2.59. The number of sulfonamides is 1. The summed E-state index contributed by atoms with van der Waals surface area (Å²) in [6.45, 7) is 0.949. The summed E-state index contributed by atoms with van der Waals surface area (Å²) in [5, 5.41) is 6.38. The maximum absolute atomic E-state index is 13.0. The van der Waals surface area contributed by atoms with Crippen LogP contribution in [-0.2, 0) is 35.8 Å². The molecule has 0 unspecified atom stereocenters. The lowest BCUT2D eigenvalue weighted by molar-refractivity contribution is 0.412. The molecule has 1 aliphatic carbocycles. The molecule has 1 aliphatic heterocycles. The highest BCUT2D eigenvalue weighted by molar-refractivity contribution is 7.89. The molecule has 24 heavy (non-hydrogen) atoms. The predicted octanol–water partition coefficient (Wildman–Crippen LogP) is 0.697. The molecule has 7 nitrogen and oxygen atoms in total. The van der Waals surface area contributed by atoms with Crippen LogP contribution in [0.5, 0.6) is 0 Å². The molecule has 0 saturated carbocycles. The average Bonchev–Trinajstić information content (AvgIpc) is 2.82. The molecule has 0 bridgehead atoms. The van der Waals surface area contributed by atoms with E-state index in [-0.39, 0.29) is 12.2 Å². The second-order valence-electron chi connectivity index (χ2n) is 6.39. The maximum atomic E-state index is 13.0. The number of hydrogen-bond acceptors (Lipinski definition) is 4. The van der Waals surface area contributed by atoms with Gasteiger partial charge in [0, 0.05) is 26.1 Å². The lowest BCUT2D eigenvalue weighted by Crippen LogP contribution is -2.34. The van der Waals surface area contributed by atoms with Crippen molar-refractivity contribution >= 4 is 10.0 Å². The first kappa shape index (κ1) is 15.6. The number of nitrogens with zero attached hydrogens (tertiary/aromatic N) is 3. The molecule has 2 aliphatic rings. The number of rotatable bonds is 2. The standard InChI is InChI=1S/C16H20N4O3S/c21-16-18-17-15-7-8-19(9-10-20(15)16)24(22,23)14-6-5-12-3-1-2-4-13(12)11-14/h5-6,11H,1-4,7-10H2,(H,18,21). The molecule has 0 amide bonds. The minimum Gasteiger partial charge on any atom is -0.278 e. The fourth-order valence-electron chi connectivity index (χ4n) is 3.58. The zero-order chi connectivity index (χ0) is 16.7. The van der Waals surface area contributed by atoms with E-state index in [4.69, 9.17) is 0 Å². The van der Waals surface area contributed by atoms with Crippen molar-refractivity contribution in [2.45, 2.75) is 43.5 Å². The summed E-state index contributed by atoms with van der Waals surface area (Å²) >= 11 is 0. The first-order valence-electron chi connectivity index (χ1n) is 8.32. The minimum absolute atomic E-state index is 0.280. The quantitative estimate of drug-likeness (QED) is 0.865. The molecular formula is C16H20N4O3S. The molecule has 2 heterocycles. The third-order valence-electron chi connectivity index (χ3n) is 4.95. The van der Waals surface area contributed by atoms with E-state index in [1.807, 2.05) is 12.1 Å². The van der Waals surface area contributed by atoms with E-state index in [9.17, 15) is 13.2 Å². The molecule has 8 heteroatoms. The number of fused-ring (bicyclic) bond motifs is 2. The van der Waals surface area contributed by atoms with Crippen LogP contribution in [0, 0.1) is 0 Å². The monoisotopic (exact) mass is 348 g/mol. The first-order valence-corrected chi connectivity index (χ1v) is 9.76. The number of aromatic nitrogens is 3. The predicted molar refractivity (Wildman–Crippen MR) is 88.4 cm³/mol. The summed E-state index contributed by atoms with van der Waals surface area (Å²) < 4.78 is 29.0. The highest BCUT2D eigenvalue weighted by Gasteiger charge is 2.28. The van der Waals surface area contributed by atoms with Gasteiger partial charge in [0.05, 0.1) is 4.90 Å². The smallest absolute Gasteiger partial charge is 0.278 e. The zero-order valence-electron chi connectivity index (χ0n) is 13.4. The molecule has 1 aromatic heterocycles. The zero-order valence-corrected chi connectivity index (χ0v) is 14.2. The van der Waals surface area contributed by atoms with Crippen LogP contribution < -0.4 is 5.69 Å². The summed E-state index contributed by atoms with van der Waals surface area (Å²) in [5.74, 6) is 0.614. The number of H-pyrrole nitrogens is 1.